The molecule has 84 valence electrons. The van der Waals surface area contributed by atoms with E-state index in [1.807, 2.05) is 18.2 Å². The first-order valence-electron chi connectivity index (χ1n) is 5.40. The van der Waals surface area contributed by atoms with Gasteiger partial charge in [0.15, 0.2) is 5.82 Å². The van der Waals surface area contributed by atoms with Gasteiger partial charge in [-0.3, -0.25) is 0 Å². The van der Waals surface area contributed by atoms with Gasteiger partial charge in [0.05, 0.1) is 12.7 Å². The maximum atomic E-state index is 4.15. The Hall–Kier alpha value is -1.94. The van der Waals surface area contributed by atoms with Crippen LogP contribution in [0.1, 0.15) is 4.88 Å². The molecule has 2 aromatic heterocycles. The lowest BCUT2D eigenvalue weighted by Gasteiger charge is -2.06. The highest BCUT2D eigenvalue weighted by molar-refractivity contribution is 7.09. The molecule has 4 heteroatoms. The summed E-state index contributed by atoms with van der Waals surface area (Å²) in [7, 11) is 0. The lowest BCUT2D eigenvalue weighted by Crippen LogP contribution is -2.01. The summed E-state index contributed by atoms with van der Waals surface area (Å²) in [5, 5.41) is 15.8. The first-order chi connectivity index (χ1) is 8.43. The Morgan fingerprint density at radius 3 is 2.94 bits per heavy atom. The number of nitrogens with one attached hydrogen (secondary N) is 1. The van der Waals surface area contributed by atoms with Gasteiger partial charge in [-0.25, -0.2) is 0 Å². The first-order valence-corrected chi connectivity index (χ1v) is 6.28. The van der Waals surface area contributed by atoms with Crippen molar-refractivity contribution in [2.24, 2.45) is 0 Å². The minimum absolute atomic E-state index is 0.792. The molecule has 1 aromatic carbocycles. The van der Waals surface area contributed by atoms with Crippen molar-refractivity contribution in [3.05, 3.63) is 52.9 Å². The molecule has 0 saturated carbocycles. The summed E-state index contributed by atoms with van der Waals surface area (Å²) in [6.07, 6.45) is 1.78. The molecular weight excluding hydrogens is 230 g/mol. The third kappa shape index (κ3) is 2.12. The topological polar surface area (TPSA) is 37.8 Å². The Kier molecular flexibility index (Phi) is 2.71. The van der Waals surface area contributed by atoms with E-state index in [1.165, 1.54) is 4.88 Å². The molecule has 0 unspecified atom stereocenters. The molecule has 0 spiro atoms. The molecule has 0 radical (unpaired) electrons. The Morgan fingerprint density at radius 2 is 2.06 bits per heavy atom. The summed E-state index contributed by atoms with van der Waals surface area (Å²) in [5.41, 5.74) is 0. The minimum Gasteiger partial charge on any atom is -0.363 e. The van der Waals surface area contributed by atoms with Gasteiger partial charge in [-0.05, 0) is 11.4 Å². The van der Waals surface area contributed by atoms with Crippen LogP contribution in [-0.2, 0) is 6.54 Å². The highest BCUT2D eigenvalue weighted by Crippen LogP contribution is 2.20. The zero-order valence-electron chi connectivity index (χ0n) is 9.13. The van der Waals surface area contributed by atoms with Crippen LogP contribution in [0.5, 0.6) is 0 Å². The van der Waals surface area contributed by atoms with E-state index in [-0.39, 0.29) is 0 Å². The molecule has 0 aliphatic rings. The van der Waals surface area contributed by atoms with E-state index in [4.69, 9.17) is 0 Å². The van der Waals surface area contributed by atoms with Crippen LogP contribution in [0.3, 0.4) is 0 Å². The highest BCUT2D eigenvalue weighted by Gasteiger charge is 2.02. The SMILES string of the molecule is c1csc(CNc2nncc3ccccc23)c1. The molecule has 0 atom stereocenters. The molecule has 1 N–H and O–H groups in total. The molecular formula is C13H11N3S. The van der Waals surface area contributed by atoms with Crippen LogP contribution in [0.2, 0.25) is 0 Å². The second-order valence-corrected chi connectivity index (χ2v) is 4.75. The summed E-state index contributed by atoms with van der Waals surface area (Å²) in [5.74, 6) is 0.844. The van der Waals surface area contributed by atoms with Gasteiger partial charge in [0, 0.05) is 15.6 Å². The number of hydrogen-bond donors (Lipinski definition) is 1. The van der Waals surface area contributed by atoms with E-state index in [1.54, 1.807) is 17.5 Å². The molecule has 0 aliphatic carbocycles. The van der Waals surface area contributed by atoms with Gasteiger partial charge in [-0.1, -0.05) is 30.3 Å². The molecule has 0 bridgehead atoms. The molecule has 3 rings (SSSR count). The number of rotatable bonds is 3. The fraction of sp³-hybridized carbons (Fsp3) is 0.0769. The van der Waals surface area contributed by atoms with Gasteiger partial charge < -0.3 is 5.32 Å². The van der Waals surface area contributed by atoms with Crippen molar-refractivity contribution in [3.63, 3.8) is 0 Å². The zero-order chi connectivity index (χ0) is 11.5. The normalized spacial score (nSPS) is 10.6. The van der Waals surface area contributed by atoms with Crippen LogP contribution < -0.4 is 5.32 Å². The highest BCUT2D eigenvalue weighted by atomic mass is 32.1. The summed E-state index contributed by atoms with van der Waals surface area (Å²) < 4.78 is 0. The van der Waals surface area contributed by atoms with Crippen molar-refractivity contribution in [1.29, 1.82) is 0 Å². The lowest BCUT2D eigenvalue weighted by molar-refractivity contribution is 1.02. The largest absolute Gasteiger partial charge is 0.363 e. The maximum absolute atomic E-state index is 4.15. The predicted octanol–water partition coefficient (Wildman–Crippen LogP) is 3.30. The number of thiophene rings is 1. The van der Waals surface area contributed by atoms with Crippen molar-refractivity contribution < 1.29 is 0 Å². The van der Waals surface area contributed by atoms with E-state index < -0.39 is 0 Å². The van der Waals surface area contributed by atoms with Gasteiger partial charge >= 0.3 is 0 Å². The molecule has 17 heavy (non-hydrogen) atoms. The number of nitrogens with zero attached hydrogens (tertiary/aromatic N) is 2. The summed E-state index contributed by atoms with van der Waals surface area (Å²) >= 11 is 1.74. The zero-order valence-corrected chi connectivity index (χ0v) is 9.95. The fourth-order valence-corrected chi connectivity index (χ4v) is 2.39. The lowest BCUT2D eigenvalue weighted by atomic mass is 10.2. The third-order valence-corrected chi connectivity index (χ3v) is 3.46. The van der Waals surface area contributed by atoms with Gasteiger partial charge in [0.1, 0.15) is 0 Å². The van der Waals surface area contributed by atoms with Gasteiger partial charge in [0.25, 0.3) is 0 Å². The Labute approximate surface area is 103 Å². The van der Waals surface area contributed by atoms with Gasteiger partial charge in [-0.2, -0.15) is 5.10 Å². The first kappa shape index (κ1) is 10.2. The maximum Gasteiger partial charge on any atom is 0.156 e. The van der Waals surface area contributed by atoms with Crippen LogP contribution in [0.25, 0.3) is 10.8 Å². The number of fused-ring (bicyclic) bond motifs is 1. The number of aromatic nitrogens is 2. The Bertz CT molecular complexity index is 614. The number of benzene rings is 1. The summed E-state index contributed by atoms with van der Waals surface area (Å²) in [6, 6.07) is 12.3. The summed E-state index contributed by atoms with van der Waals surface area (Å²) in [6.45, 7) is 0.792. The van der Waals surface area contributed by atoms with Crippen molar-refractivity contribution >= 4 is 27.9 Å². The van der Waals surface area contributed by atoms with Crippen LogP contribution >= 0.6 is 11.3 Å². The van der Waals surface area contributed by atoms with Crippen molar-refractivity contribution in [2.45, 2.75) is 6.54 Å². The second-order valence-electron chi connectivity index (χ2n) is 3.71. The molecule has 3 aromatic rings. The summed E-state index contributed by atoms with van der Waals surface area (Å²) in [4.78, 5) is 1.29. The van der Waals surface area contributed by atoms with Crippen molar-refractivity contribution in [1.82, 2.24) is 10.2 Å². The number of hydrogen-bond acceptors (Lipinski definition) is 4. The average molecular weight is 241 g/mol. The van der Waals surface area contributed by atoms with Crippen LogP contribution in [0, 0.1) is 0 Å². The second kappa shape index (κ2) is 4.51. The average Bonchev–Trinajstić information content (AvgIpc) is 2.89. The molecule has 2 heterocycles. The van der Waals surface area contributed by atoms with E-state index in [0.717, 1.165) is 23.1 Å². The van der Waals surface area contributed by atoms with E-state index in [2.05, 4.69) is 39.1 Å². The van der Waals surface area contributed by atoms with Gasteiger partial charge in [0.2, 0.25) is 0 Å². The van der Waals surface area contributed by atoms with E-state index in [9.17, 15) is 0 Å². The van der Waals surface area contributed by atoms with Crippen LogP contribution in [0.4, 0.5) is 5.82 Å². The monoisotopic (exact) mass is 241 g/mol. The molecule has 0 fully saturated rings. The van der Waals surface area contributed by atoms with E-state index in [0.29, 0.717) is 0 Å². The van der Waals surface area contributed by atoms with Gasteiger partial charge in [-0.15, -0.1) is 16.4 Å². The number of anilines is 1. The third-order valence-electron chi connectivity index (χ3n) is 2.58. The quantitative estimate of drug-likeness (QED) is 0.764. The molecule has 0 saturated heterocycles. The fourth-order valence-electron chi connectivity index (χ4n) is 1.74. The minimum atomic E-state index is 0.792. The molecule has 0 amide bonds. The van der Waals surface area contributed by atoms with E-state index >= 15 is 0 Å². The van der Waals surface area contributed by atoms with Crippen molar-refractivity contribution in [2.75, 3.05) is 5.32 Å². The van der Waals surface area contributed by atoms with Crippen LogP contribution in [0.15, 0.2) is 48.0 Å². The Morgan fingerprint density at radius 1 is 1.12 bits per heavy atom. The molecule has 3 nitrogen and oxygen atoms in total. The predicted molar refractivity (Wildman–Crippen MR) is 71.2 cm³/mol. The standard InChI is InChI=1S/C13H11N3S/c1-2-6-12-10(4-1)8-15-16-13(12)14-9-11-5-3-7-17-11/h1-8H,9H2,(H,14,16). The Balaban J connectivity index is 1.90. The van der Waals surface area contributed by atoms with Crippen molar-refractivity contribution in [3.8, 4) is 0 Å². The van der Waals surface area contributed by atoms with Crippen LogP contribution in [-0.4, -0.2) is 10.2 Å². The smallest absolute Gasteiger partial charge is 0.156 e. The molecule has 0 aliphatic heterocycles.